The summed E-state index contributed by atoms with van der Waals surface area (Å²) in [5.74, 6) is 0. The van der Waals surface area contributed by atoms with Gasteiger partial charge in [0, 0.05) is 21.1 Å². The fourth-order valence-corrected chi connectivity index (χ4v) is 0.319. The van der Waals surface area contributed by atoms with E-state index in [9.17, 15) is 0 Å². The first-order valence-corrected chi connectivity index (χ1v) is 2.63. The molecule has 0 aromatic heterocycles. The van der Waals surface area contributed by atoms with Gasteiger partial charge in [0.2, 0.25) is 0 Å². The van der Waals surface area contributed by atoms with Crippen LogP contribution in [0.2, 0.25) is 0 Å². The average Bonchev–Trinajstić information content (AvgIpc) is 1.67. The van der Waals surface area contributed by atoms with Crippen molar-refractivity contribution in [2.45, 2.75) is 13.8 Å². The van der Waals surface area contributed by atoms with Crippen molar-refractivity contribution in [1.29, 1.82) is 0 Å². The van der Waals surface area contributed by atoms with Crippen LogP contribution in [0.25, 0.3) is 0 Å². The minimum Gasteiger partial charge on any atom is -0.0991 e. The molecule has 50 valence electrons. The summed E-state index contributed by atoms with van der Waals surface area (Å²) in [4.78, 5) is 0. The molecule has 0 rings (SSSR count). The Labute approximate surface area is 71.6 Å². The fraction of sp³-hybridized carbons (Fsp3) is 0.250. The van der Waals surface area contributed by atoms with Gasteiger partial charge in [0.1, 0.15) is 0 Å². The molecule has 0 aliphatic carbocycles. The fourth-order valence-electron chi connectivity index (χ4n) is 0.319. The van der Waals surface area contributed by atoms with Crippen molar-refractivity contribution in [2.24, 2.45) is 0 Å². The number of allylic oxidation sites excluding steroid dienone is 4. The van der Waals surface area contributed by atoms with E-state index in [0.29, 0.717) is 0 Å². The molecule has 0 saturated carbocycles. The maximum Gasteiger partial charge on any atom is 0 e. The molecule has 0 atom stereocenters. The van der Waals surface area contributed by atoms with E-state index in [1.165, 1.54) is 5.57 Å². The van der Waals surface area contributed by atoms with Crippen LogP contribution in [0, 0.1) is 0 Å². The maximum atomic E-state index is 3.76. The molecule has 0 aliphatic rings. The molecule has 0 fully saturated rings. The van der Waals surface area contributed by atoms with Crippen molar-refractivity contribution < 1.29 is 21.1 Å². The Morgan fingerprint density at radius 1 is 1.33 bits per heavy atom. The normalized spacial score (nSPS) is 9.78. The van der Waals surface area contributed by atoms with Gasteiger partial charge in [0.05, 0.1) is 0 Å². The molecule has 0 spiro atoms. The summed E-state index contributed by atoms with van der Waals surface area (Å²) in [7, 11) is 0. The minimum atomic E-state index is 0. The summed E-state index contributed by atoms with van der Waals surface area (Å²) in [6.07, 6.45) is 3.71. The molecule has 0 saturated heterocycles. The first kappa shape index (κ1) is 11.7. The van der Waals surface area contributed by atoms with Crippen LogP contribution >= 0.6 is 0 Å². The van der Waals surface area contributed by atoms with Crippen LogP contribution in [0.3, 0.4) is 0 Å². The van der Waals surface area contributed by atoms with Crippen molar-refractivity contribution in [2.75, 3.05) is 0 Å². The molecule has 0 aromatic carbocycles. The van der Waals surface area contributed by atoms with Gasteiger partial charge in [-0.2, -0.15) is 0 Å². The molecule has 0 N–H and O–H groups in total. The summed E-state index contributed by atoms with van der Waals surface area (Å²) in [5.41, 5.74) is 2.30. The molecule has 0 aliphatic heterocycles. The first-order chi connectivity index (χ1) is 3.68. The predicted molar refractivity (Wildman–Crippen MR) is 38.8 cm³/mol. The second kappa shape index (κ2) is 6.03. The van der Waals surface area contributed by atoms with Crippen LogP contribution in [-0.2, 0) is 21.1 Å². The van der Waals surface area contributed by atoms with Gasteiger partial charge in [0.25, 0.3) is 0 Å². The molecule has 0 bridgehead atoms. The second-order valence-corrected chi connectivity index (χ2v) is 1.87. The van der Waals surface area contributed by atoms with Crippen molar-refractivity contribution >= 4 is 0 Å². The van der Waals surface area contributed by atoms with Crippen molar-refractivity contribution in [3.8, 4) is 0 Å². The molecule has 0 unspecified atom stereocenters. The number of rotatable bonds is 2. The minimum absolute atomic E-state index is 0. The molecule has 0 heterocycles. The van der Waals surface area contributed by atoms with Crippen LogP contribution in [0.15, 0.2) is 36.5 Å². The van der Waals surface area contributed by atoms with Gasteiger partial charge in [-0.05, 0) is 19.4 Å². The van der Waals surface area contributed by atoms with Gasteiger partial charge in [0.15, 0.2) is 0 Å². The van der Waals surface area contributed by atoms with Crippen molar-refractivity contribution in [1.82, 2.24) is 0 Å². The van der Waals surface area contributed by atoms with Crippen LogP contribution < -0.4 is 0 Å². The van der Waals surface area contributed by atoms with Crippen LogP contribution in [0.4, 0.5) is 0 Å². The monoisotopic (exact) mass is 292 g/mol. The van der Waals surface area contributed by atoms with E-state index in [0.717, 1.165) is 5.57 Å². The molecule has 0 aromatic rings. The summed E-state index contributed by atoms with van der Waals surface area (Å²) in [6, 6.07) is 0. The first-order valence-electron chi connectivity index (χ1n) is 2.63. The Kier molecular flexibility index (Phi) is 7.83. The largest absolute Gasteiger partial charge is 0.0991 e. The summed E-state index contributed by atoms with van der Waals surface area (Å²) in [5, 5.41) is 0. The average molecular weight is 292 g/mol. The zero-order valence-corrected chi connectivity index (χ0v) is 8.91. The van der Waals surface area contributed by atoms with Gasteiger partial charge in [-0.15, -0.1) is 0 Å². The van der Waals surface area contributed by atoms with Gasteiger partial charge in [-0.3, -0.25) is 0 Å². The molecular formula is C8H12W. The predicted octanol–water partition coefficient (Wildman–Crippen LogP) is 2.69. The van der Waals surface area contributed by atoms with E-state index >= 15 is 0 Å². The summed E-state index contributed by atoms with van der Waals surface area (Å²) >= 11 is 0. The van der Waals surface area contributed by atoms with E-state index in [-0.39, 0.29) is 21.1 Å². The SMILES string of the molecule is C=C/C=C(/C)C(=C)C.[W]. The summed E-state index contributed by atoms with van der Waals surface area (Å²) < 4.78 is 0. The Morgan fingerprint density at radius 2 is 1.78 bits per heavy atom. The summed E-state index contributed by atoms with van der Waals surface area (Å²) in [6.45, 7) is 11.3. The standard InChI is InChI=1S/C8H12.W/c1-5-6-8(4)7(2)3;/h5-6H,1-2H2,3-4H3;/b8-6-;. The van der Waals surface area contributed by atoms with Crippen LogP contribution in [0.1, 0.15) is 13.8 Å². The third kappa shape index (κ3) is 5.78. The zero-order chi connectivity index (χ0) is 6.57. The number of hydrogen-bond acceptors (Lipinski definition) is 0. The van der Waals surface area contributed by atoms with Gasteiger partial charge in [-0.1, -0.05) is 30.9 Å². The molecule has 0 nitrogen and oxygen atoms in total. The maximum absolute atomic E-state index is 3.76. The molecular weight excluding hydrogens is 280 g/mol. The van der Waals surface area contributed by atoms with E-state index in [1.54, 1.807) is 6.08 Å². The van der Waals surface area contributed by atoms with E-state index in [4.69, 9.17) is 0 Å². The Hall–Kier alpha value is -0.0917. The Morgan fingerprint density at radius 3 is 1.89 bits per heavy atom. The van der Waals surface area contributed by atoms with E-state index in [1.807, 2.05) is 19.9 Å². The molecule has 9 heavy (non-hydrogen) atoms. The second-order valence-electron chi connectivity index (χ2n) is 1.87. The quantitative estimate of drug-likeness (QED) is 0.686. The van der Waals surface area contributed by atoms with E-state index < -0.39 is 0 Å². The third-order valence-corrected chi connectivity index (χ3v) is 1.04. The smallest absolute Gasteiger partial charge is 0 e. The van der Waals surface area contributed by atoms with Crippen molar-refractivity contribution in [3.63, 3.8) is 0 Å². The van der Waals surface area contributed by atoms with Gasteiger partial charge >= 0.3 is 0 Å². The molecule has 0 amide bonds. The zero-order valence-electron chi connectivity index (χ0n) is 5.98. The van der Waals surface area contributed by atoms with Crippen LogP contribution in [0.5, 0.6) is 0 Å². The number of hydrogen-bond donors (Lipinski definition) is 0. The Bertz CT molecular complexity index is 132. The molecule has 1 heteroatoms. The topological polar surface area (TPSA) is 0 Å². The third-order valence-electron chi connectivity index (χ3n) is 1.04. The van der Waals surface area contributed by atoms with E-state index in [2.05, 4.69) is 13.2 Å². The Balaban J connectivity index is 0. The van der Waals surface area contributed by atoms with Crippen LogP contribution in [-0.4, -0.2) is 0 Å². The van der Waals surface area contributed by atoms with Gasteiger partial charge in [-0.25, -0.2) is 0 Å². The van der Waals surface area contributed by atoms with Gasteiger partial charge < -0.3 is 0 Å². The van der Waals surface area contributed by atoms with Crippen molar-refractivity contribution in [3.05, 3.63) is 36.5 Å². The molecule has 0 radical (unpaired) electrons.